The third-order valence-corrected chi connectivity index (χ3v) is 3.50. The largest absolute Gasteiger partial charge is 0.481 e. The summed E-state index contributed by atoms with van der Waals surface area (Å²) in [6, 6.07) is 5.91. The van der Waals surface area contributed by atoms with Crippen molar-refractivity contribution in [3.05, 3.63) is 35.1 Å². The Balaban J connectivity index is 2.53. The lowest BCUT2D eigenvalue weighted by Gasteiger charge is -2.18. The summed E-state index contributed by atoms with van der Waals surface area (Å²) < 4.78 is 5.76. The molecule has 0 unspecified atom stereocenters. The Kier molecular flexibility index (Phi) is 2.93. The van der Waals surface area contributed by atoms with Crippen molar-refractivity contribution in [3.8, 4) is 0 Å². The smallest absolute Gasteiger partial charge is 0.309 e. The van der Waals surface area contributed by atoms with Crippen molar-refractivity contribution < 1.29 is 14.3 Å². The van der Waals surface area contributed by atoms with Crippen LogP contribution in [0.15, 0.2) is 22.6 Å². The quantitative estimate of drug-likeness (QED) is 0.898. The zero-order valence-electron chi connectivity index (χ0n) is 11.2. The molecule has 0 atom stereocenters. The summed E-state index contributed by atoms with van der Waals surface area (Å²) in [7, 11) is 0. The summed E-state index contributed by atoms with van der Waals surface area (Å²) in [5.74, 6) is 0.102. The van der Waals surface area contributed by atoms with Crippen molar-refractivity contribution in [1.82, 2.24) is 0 Å². The molecule has 1 N–H and O–H groups in total. The highest BCUT2D eigenvalue weighted by atomic mass is 16.4. The predicted molar refractivity (Wildman–Crippen MR) is 70.8 cm³/mol. The average Bonchev–Trinajstić information content (AvgIpc) is 2.57. The zero-order valence-corrected chi connectivity index (χ0v) is 11.2. The van der Waals surface area contributed by atoms with E-state index in [1.807, 2.05) is 32.0 Å². The van der Waals surface area contributed by atoms with Crippen LogP contribution in [-0.2, 0) is 11.2 Å². The third-order valence-electron chi connectivity index (χ3n) is 3.50. The second-order valence-electron chi connectivity index (χ2n) is 5.44. The van der Waals surface area contributed by atoms with Gasteiger partial charge in [0, 0.05) is 5.39 Å². The summed E-state index contributed by atoms with van der Waals surface area (Å²) in [6.07, 6.45) is 0.464. The predicted octanol–water partition coefficient (Wildman–Crippen LogP) is 3.70. The van der Waals surface area contributed by atoms with Crippen LogP contribution in [0.2, 0.25) is 0 Å². The molecule has 0 aliphatic heterocycles. The number of carboxylic acids is 1. The van der Waals surface area contributed by atoms with Gasteiger partial charge in [-0.2, -0.15) is 0 Å². The molecule has 0 bridgehead atoms. The first-order valence-electron chi connectivity index (χ1n) is 6.04. The number of carboxylic acid groups (broad SMARTS) is 1. The van der Waals surface area contributed by atoms with Crippen molar-refractivity contribution in [2.45, 2.75) is 34.1 Å². The number of hydrogen-bond donors (Lipinski definition) is 1. The Morgan fingerprint density at radius 2 is 2.00 bits per heavy atom. The number of aryl methyl sites for hydroxylation is 2. The minimum Gasteiger partial charge on any atom is -0.481 e. The maximum Gasteiger partial charge on any atom is 0.309 e. The summed E-state index contributed by atoms with van der Waals surface area (Å²) in [5.41, 5.74) is 2.11. The summed E-state index contributed by atoms with van der Waals surface area (Å²) in [5, 5.41) is 10.3. The number of furan rings is 1. The molecular formula is C15H18O3. The highest BCUT2D eigenvalue weighted by Crippen LogP contribution is 2.31. The molecule has 3 nitrogen and oxygen atoms in total. The van der Waals surface area contributed by atoms with Gasteiger partial charge in [-0.25, -0.2) is 0 Å². The zero-order chi connectivity index (χ0) is 13.5. The molecule has 0 aliphatic rings. The maximum atomic E-state index is 11.2. The van der Waals surface area contributed by atoms with Gasteiger partial charge in [0.1, 0.15) is 11.3 Å². The normalized spacial score (nSPS) is 12.0. The van der Waals surface area contributed by atoms with Gasteiger partial charge in [-0.3, -0.25) is 4.79 Å². The van der Waals surface area contributed by atoms with Gasteiger partial charge in [-0.05, 0) is 45.2 Å². The monoisotopic (exact) mass is 246 g/mol. The highest BCUT2D eigenvalue weighted by Gasteiger charge is 2.28. The molecule has 0 fully saturated rings. The van der Waals surface area contributed by atoms with E-state index in [0.29, 0.717) is 6.42 Å². The van der Waals surface area contributed by atoms with Crippen LogP contribution in [0.25, 0.3) is 11.0 Å². The number of hydrogen-bond acceptors (Lipinski definition) is 2. The van der Waals surface area contributed by atoms with Crippen LogP contribution in [0.4, 0.5) is 0 Å². The van der Waals surface area contributed by atoms with E-state index in [9.17, 15) is 9.90 Å². The maximum absolute atomic E-state index is 11.2. The molecular weight excluding hydrogens is 228 g/mol. The second kappa shape index (κ2) is 4.16. The fourth-order valence-electron chi connectivity index (χ4n) is 2.11. The van der Waals surface area contributed by atoms with E-state index in [2.05, 4.69) is 0 Å². The van der Waals surface area contributed by atoms with Gasteiger partial charge in [0.25, 0.3) is 0 Å². The number of rotatable bonds is 3. The van der Waals surface area contributed by atoms with E-state index in [1.54, 1.807) is 13.8 Å². The van der Waals surface area contributed by atoms with Crippen molar-refractivity contribution >= 4 is 16.9 Å². The molecule has 1 heterocycles. The lowest BCUT2D eigenvalue weighted by molar-refractivity contribution is -0.146. The van der Waals surface area contributed by atoms with E-state index in [1.165, 1.54) is 0 Å². The van der Waals surface area contributed by atoms with Crippen LogP contribution < -0.4 is 0 Å². The van der Waals surface area contributed by atoms with Gasteiger partial charge in [0.2, 0.25) is 0 Å². The van der Waals surface area contributed by atoms with Crippen LogP contribution in [-0.4, -0.2) is 11.1 Å². The fraction of sp³-hybridized carbons (Fsp3) is 0.400. The molecule has 96 valence electrons. The Morgan fingerprint density at radius 1 is 1.33 bits per heavy atom. The van der Waals surface area contributed by atoms with Gasteiger partial charge in [-0.1, -0.05) is 18.2 Å². The standard InChI is InChI=1S/C15H18O3/c1-9-10(2)18-13-11(6-5-7-12(9)13)8-15(3,4)14(16)17/h5-7H,8H2,1-4H3,(H,16,17). The molecule has 1 aromatic heterocycles. The molecule has 0 spiro atoms. The molecule has 0 radical (unpaired) electrons. The molecule has 0 amide bonds. The molecule has 18 heavy (non-hydrogen) atoms. The number of fused-ring (bicyclic) bond motifs is 1. The number of benzene rings is 1. The Morgan fingerprint density at radius 3 is 2.61 bits per heavy atom. The van der Waals surface area contributed by atoms with Crippen molar-refractivity contribution in [2.75, 3.05) is 0 Å². The summed E-state index contributed by atoms with van der Waals surface area (Å²) >= 11 is 0. The Hall–Kier alpha value is -1.77. The minimum absolute atomic E-state index is 0.464. The van der Waals surface area contributed by atoms with Crippen LogP contribution in [0.3, 0.4) is 0 Å². The Bertz CT molecular complexity index is 605. The number of para-hydroxylation sites is 1. The molecule has 0 saturated heterocycles. The molecule has 2 aromatic rings. The second-order valence-corrected chi connectivity index (χ2v) is 5.44. The van der Waals surface area contributed by atoms with E-state index in [4.69, 9.17) is 4.42 Å². The van der Waals surface area contributed by atoms with E-state index in [0.717, 1.165) is 27.9 Å². The Labute approximate surface area is 106 Å². The van der Waals surface area contributed by atoms with Crippen LogP contribution in [0.5, 0.6) is 0 Å². The summed E-state index contributed by atoms with van der Waals surface area (Å²) in [4.78, 5) is 11.2. The number of carbonyl (C=O) groups is 1. The lowest BCUT2D eigenvalue weighted by Crippen LogP contribution is -2.26. The highest BCUT2D eigenvalue weighted by molar-refractivity contribution is 5.85. The van der Waals surface area contributed by atoms with Crippen molar-refractivity contribution in [1.29, 1.82) is 0 Å². The first-order chi connectivity index (χ1) is 8.33. The van der Waals surface area contributed by atoms with Gasteiger partial charge in [-0.15, -0.1) is 0 Å². The molecule has 2 rings (SSSR count). The van der Waals surface area contributed by atoms with Crippen LogP contribution in [0.1, 0.15) is 30.7 Å². The van der Waals surface area contributed by atoms with Crippen molar-refractivity contribution in [2.24, 2.45) is 5.41 Å². The van der Waals surface area contributed by atoms with E-state index >= 15 is 0 Å². The first-order valence-corrected chi connectivity index (χ1v) is 6.04. The fourth-order valence-corrected chi connectivity index (χ4v) is 2.11. The van der Waals surface area contributed by atoms with E-state index in [-0.39, 0.29) is 0 Å². The lowest BCUT2D eigenvalue weighted by atomic mass is 9.85. The third kappa shape index (κ3) is 2.01. The minimum atomic E-state index is -0.792. The van der Waals surface area contributed by atoms with Gasteiger partial charge >= 0.3 is 5.97 Å². The van der Waals surface area contributed by atoms with Gasteiger partial charge in [0.05, 0.1) is 5.41 Å². The topological polar surface area (TPSA) is 50.4 Å². The molecule has 0 aliphatic carbocycles. The van der Waals surface area contributed by atoms with Gasteiger partial charge < -0.3 is 9.52 Å². The van der Waals surface area contributed by atoms with Crippen LogP contribution in [0, 0.1) is 19.3 Å². The summed E-state index contributed by atoms with van der Waals surface area (Å²) in [6.45, 7) is 7.42. The molecule has 1 aromatic carbocycles. The van der Waals surface area contributed by atoms with Crippen molar-refractivity contribution in [3.63, 3.8) is 0 Å². The number of aliphatic carboxylic acids is 1. The molecule has 0 saturated carbocycles. The first kappa shape index (κ1) is 12.7. The molecule has 3 heteroatoms. The van der Waals surface area contributed by atoms with Crippen LogP contribution >= 0.6 is 0 Å². The SMILES string of the molecule is Cc1oc2c(CC(C)(C)C(=O)O)cccc2c1C. The van der Waals surface area contributed by atoms with Gasteiger partial charge in [0.15, 0.2) is 0 Å². The van der Waals surface area contributed by atoms with E-state index < -0.39 is 11.4 Å². The average molecular weight is 246 g/mol.